The molecule has 0 fully saturated rings. The average molecular weight is 283 g/mol. The van der Waals surface area contributed by atoms with Crippen LogP contribution in [0.4, 0.5) is 0 Å². The quantitative estimate of drug-likeness (QED) is 0.759. The van der Waals surface area contributed by atoms with Gasteiger partial charge in [0.05, 0.1) is 5.56 Å². The lowest BCUT2D eigenvalue weighted by molar-refractivity contribution is 0.0686. The highest BCUT2D eigenvalue weighted by molar-refractivity contribution is 5.86. The Morgan fingerprint density at radius 1 is 1.25 bits per heavy atom. The molecule has 0 saturated heterocycles. The van der Waals surface area contributed by atoms with E-state index in [9.17, 15) is 14.4 Å². The van der Waals surface area contributed by atoms with Gasteiger partial charge in [-0.15, -0.1) is 0 Å². The summed E-state index contributed by atoms with van der Waals surface area (Å²) in [7, 11) is 0. The van der Waals surface area contributed by atoms with Gasteiger partial charge in [-0.2, -0.15) is 0 Å². The van der Waals surface area contributed by atoms with Crippen LogP contribution in [0.2, 0.25) is 0 Å². The molecule has 0 aliphatic carbocycles. The number of hydrogen-bond acceptors (Lipinski definition) is 4. The van der Waals surface area contributed by atoms with Crippen molar-refractivity contribution in [3.05, 3.63) is 32.1 Å². The van der Waals surface area contributed by atoms with Crippen molar-refractivity contribution < 1.29 is 9.90 Å². The minimum absolute atomic E-state index is 0.134. The number of rotatable bonds is 7. The topological polar surface area (TPSA) is 95.4 Å². The highest BCUT2D eigenvalue weighted by atomic mass is 16.4. The molecule has 0 saturated carbocycles. The van der Waals surface area contributed by atoms with Crippen molar-refractivity contribution in [1.82, 2.24) is 14.5 Å². The van der Waals surface area contributed by atoms with E-state index in [1.54, 1.807) is 0 Å². The van der Waals surface area contributed by atoms with Crippen molar-refractivity contribution in [3.8, 4) is 0 Å². The van der Waals surface area contributed by atoms with Crippen LogP contribution in [0.25, 0.3) is 0 Å². The summed E-state index contributed by atoms with van der Waals surface area (Å²) in [5.74, 6) is -1.29. The van der Waals surface area contributed by atoms with Gasteiger partial charge in [-0.25, -0.2) is 9.59 Å². The number of carbonyl (C=O) groups is 1. The van der Waals surface area contributed by atoms with Gasteiger partial charge in [-0.1, -0.05) is 20.8 Å². The number of hydrogen-bond donors (Lipinski definition) is 2. The van der Waals surface area contributed by atoms with Crippen molar-refractivity contribution >= 4 is 5.97 Å². The van der Waals surface area contributed by atoms with Crippen LogP contribution in [0.15, 0.2) is 9.59 Å². The van der Waals surface area contributed by atoms with Gasteiger partial charge < -0.3 is 10.1 Å². The molecule has 7 heteroatoms. The summed E-state index contributed by atoms with van der Waals surface area (Å²) in [4.78, 5) is 39.5. The Morgan fingerprint density at radius 3 is 2.30 bits per heavy atom. The lowest BCUT2D eigenvalue weighted by Gasteiger charge is -2.19. The fraction of sp³-hybridized carbons (Fsp3) is 0.615. The third-order valence-corrected chi connectivity index (χ3v) is 3.22. The second-order valence-corrected chi connectivity index (χ2v) is 4.51. The Hall–Kier alpha value is -1.89. The molecule has 20 heavy (non-hydrogen) atoms. The summed E-state index contributed by atoms with van der Waals surface area (Å²) >= 11 is 0. The van der Waals surface area contributed by atoms with Crippen molar-refractivity contribution in [2.75, 3.05) is 13.1 Å². The van der Waals surface area contributed by atoms with Crippen LogP contribution in [0.5, 0.6) is 0 Å². The van der Waals surface area contributed by atoms with Crippen molar-refractivity contribution in [2.24, 2.45) is 0 Å². The molecule has 1 heterocycles. The molecule has 1 rings (SSSR count). The van der Waals surface area contributed by atoms with Gasteiger partial charge in [0.1, 0.15) is 5.69 Å². The van der Waals surface area contributed by atoms with Gasteiger partial charge in [0.15, 0.2) is 0 Å². The monoisotopic (exact) mass is 283 g/mol. The highest BCUT2D eigenvalue weighted by Gasteiger charge is 2.20. The molecule has 0 amide bonds. The largest absolute Gasteiger partial charge is 0.477 e. The van der Waals surface area contributed by atoms with Crippen LogP contribution in [-0.2, 0) is 13.1 Å². The molecule has 0 atom stereocenters. The number of aromatic nitrogens is 2. The molecule has 112 valence electrons. The number of nitrogens with one attached hydrogen (secondary N) is 1. The summed E-state index contributed by atoms with van der Waals surface area (Å²) < 4.78 is 1.06. The fourth-order valence-corrected chi connectivity index (χ4v) is 2.04. The molecule has 0 aliphatic heterocycles. The number of carboxylic acids is 1. The van der Waals surface area contributed by atoms with E-state index in [0.29, 0.717) is 19.5 Å². The standard InChI is InChI=1S/C13H21N3O4/c1-4-7-16-11(17)9(8-15(5-2)6-3)10(12(18)19)14-13(16)20/h4-8H2,1-3H3,(H,14,20)(H,18,19). The summed E-state index contributed by atoms with van der Waals surface area (Å²) in [5, 5.41) is 9.16. The van der Waals surface area contributed by atoms with E-state index in [0.717, 1.165) is 4.57 Å². The fourth-order valence-electron chi connectivity index (χ4n) is 2.04. The van der Waals surface area contributed by atoms with E-state index >= 15 is 0 Å². The van der Waals surface area contributed by atoms with E-state index in [1.165, 1.54) is 0 Å². The van der Waals surface area contributed by atoms with Crippen LogP contribution < -0.4 is 11.2 Å². The molecular formula is C13H21N3O4. The van der Waals surface area contributed by atoms with E-state index in [-0.39, 0.29) is 24.3 Å². The zero-order chi connectivity index (χ0) is 15.3. The van der Waals surface area contributed by atoms with E-state index in [1.807, 2.05) is 25.7 Å². The number of carboxylic acid groups (broad SMARTS) is 1. The highest BCUT2D eigenvalue weighted by Crippen LogP contribution is 2.04. The van der Waals surface area contributed by atoms with Crippen molar-refractivity contribution in [2.45, 2.75) is 40.3 Å². The van der Waals surface area contributed by atoms with Gasteiger partial charge in [-0.3, -0.25) is 14.3 Å². The van der Waals surface area contributed by atoms with Crippen LogP contribution >= 0.6 is 0 Å². The molecular weight excluding hydrogens is 262 g/mol. The van der Waals surface area contributed by atoms with Crippen LogP contribution in [0, 0.1) is 0 Å². The average Bonchev–Trinajstić information content (AvgIpc) is 2.42. The normalized spacial score (nSPS) is 11.0. The number of nitrogens with zero attached hydrogens (tertiary/aromatic N) is 2. The number of aromatic carboxylic acids is 1. The second-order valence-electron chi connectivity index (χ2n) is 4.51. The Labute approximate surface area is 116 Å². The van der Waals surface area contributed by atoms with Gasteiger partial charge in [-0.05, 0) is 19.5 Å². The molecule has 0 spiro atoms. The summed E-state index contributed by atoms with van der Waals surface area (Å²) in [6.07, 6.45) is 0.625. The molecule has 7 nitrogen and oxygen atoms in total. The van der Waals surface area contributed by atoms with E-state index in [4.69, 9.17) is 5.11 Å². The summed E-state index contributed by atoms with van der Waals surface area (Å²) in [6, 6.07) is 0. The van der Waals surface area contributed by atoms with Crippen LogP contribution in [0.1, 0.15) is 43.2 Å². The first-order valence-corrected chi connectivity index (χ1v) is 6.77. The zero-order valence-corrected chi connectivity index (χ0v) is 12.1. The summed E-state index contributed by atoms with van der Waals surface area (Å²) in [5.41, 5.74) is -1.36. The molecule has 1 aromatic heterocycles. The molecule has 2 N–H and O–H groups in total. The first kappa shape index (κ1) is 16.2. The predicted molar refractivity (Wildman–Crippen MR) is 75.2 cm³/mol. The van der Waals surface area contributed by atoms with Gasteiger partial charge in [0.2, 0.25) is 0 Å². The molecule has 1 aromatic rings. The summed E-state index contributed by atoms with van der Waals surface area (Å²) in [6.45, 7) is 7.60. The Kier molecular flexibility index (Phi) is 5.69. The van der Waals surface area contributed by atoms with Gasteiger partial charge in [0, 0.05) is 13.1 Å². The minimum Gasteiger partial charge on any atom is -0.477 e. The third-order valence-electron chi connectivity index (χ3n) is 3.22. The first-order chi connectivity index (χ1) is 9.46. The first-order valence-electron chi connectivity index (χ1n) is 6.77. The maximum atomic E-state index is 12.3. The molecule has 0 radical (unpaired) electrons. The Balaban J connectivity index is 3.44. The van der Waals surface area contributed by atoms with Crippen LogP contribution in [0.3, 0.4) is 0 Å². The third kappa shape index (κ3) is 3.36. The molecule has 0 aromatic carbocycles. The van der Waals surface area contributed by atoms with Gasteiger partial charge >= 0.3 is 11.7 Å². The SMILES string of the molecule is CCCn1c(=O)[nH]c(C(=O)O)c(CN(CC)CC)c1=O. The number of H-pyrrole nitrogens is 1. The van der Waals surface area contributed by atoms with Crippen LogP contribution in [-0.4, -0.2) is 38.6 Å². The Morgan fingerprint density at radius 2 is 1.85 bits per heavy atom. The molecule has 0 bridgehead atoms. The Bertz CT molecular complexity index is 584. The second kappa shape index (κ2) is 7.04. The molecule has 0 aliphatic rings. The van der Waals surface area contributed by atoms with E-state index < -0.39 is 17.2 Å². The maximum Gasteiger partial charge on any atom is 0.352 e. The number of aromatic amines is 1. The minimum atomic E-state index is -1.29. The lowest BCUT2D eigenvalue weighted by atomic mass is 10.2. The van der Waals surface area contributed by atoms with Crippen molar-refractivity contribution in [3.63, 3.8) is 0 Å². The zero-order valence-electron chi connectivity index (χ0n) is 12.1. The lowest BCUT2D eigenvalue weighted by Crippen LogP contribution is -2.41. The van der Waals surface area contributed by atoms with Gasteiger partial charge in [0.25, 0.3) is 5.56 Å². The predicted octanol–water partition coefficient (Wildman–Crippen LogP) is 0.487. The van der Waals surface area contributed by atoms with Crippen molar-refractivity contribution in [1.29, 1.82) is 0 Å². The molecule has 0 unspecified atom stereocenters. The maximum absolute atomic E-state index is 12.3. The smallest absolute Gasteiger partial charge is 0.352 e. The van der Waals surface area contributed by atoms with E-state index in [2.05, 4.69) is 4.98 Å².